The second-order valence-corrected chi connectivity index (χ2v) is 5.22. The number of hydrogen-bond donors (Lipinski definition) is 2. The minimum atomic E-state index is 0.132. The van der Waals surface area contributed by atoms with Gasteiger partial charge >= 0.3 is 0 Å². The van der Waals surface area contributed by atoms with Gasteiger partial charge in [-0.3, -0.25) is 0 Å². The normalized spacial score (nSPS) is 19.2. The molecule has 0 unspecified atom stereocenters. The summed E-state index contributed by atoms with van der Waals surface area (Å²) in [6.45, 7) is 4.62. The van der Waals surface area contributed by atoms with E-state index >= 15 is 0 Å². The molecule has 1 aliphatic heterocycles. The van der Waals surface area contributed by atoms with Crippen LogP contribution in [-0.4, -0.2) is 23.9 Å². The highest BCUT2D eigenvalue weighted by Crippen LogP contribution is 2.25. The van der Waals surface area contributed by atoms with Gasteiger partial charge < -0.3 is 15.2 Å². The van der Waals surface area contributed by atoms with Gasteiger partial charge in [0.2, 0.25) is 0 Å². The van der Waals surface area contributed by atoms with Gasteiger partial charge in [0.05, 0.1) is 5.02 Å². The van der Waals surface area contributed by atoms with Crippen LogP contribution in [0.4, 0.5) is 0 Å². The predicted molar refractivity (Wildman–Crippen MR) is 68.4 cm³/mol. The van der Waals surface area contributed by atoms with Crippen LogP contribution in [0.3, 0.4) is 0 Å². The standard InChI is InChI=1S/C13H18ClNO2/c1-13(4-6-17-7-5-13)15-9-10-2-3-12(16)11(14)8-10/h2-3,8,15-16H,4-7,9H2,1H3. The Balaban J connectivity index is 1.94. The van der Waals surface area contributed by atoms with Crippen molar-refractivity contribution in [1.29, 1.82) is 0 Å². The topological polar surface area (TPSA) is 41.5 Å². The van der Waals surface area contributed by atoms with Crippen molar-refractivity contribution in [1.82, 2.24) is 5.32 Å². The van der Waals surface area contributed by atoms with Gasteiger partial charge in [-0.05, 0) is 37.5 Å². The lowest BCUT2D eigenvalue weighted by atomic mass is 9.92. The maximum atomic E-state index is 9.34. The lowest BCUT2D eigenvalue weighted by Crippen LogP contribution is -2.46. The largest absolute Gasteiger partial charge is 0.506 e. The minimum absolute atomic E-state index is 0.132. The summed E-state index contributed by atoms with van der Waals surface area (Å²) < 4.78 is 5.36. The molecule has 3 nitrogen and oxygen atoms in total. The number of ether oxygens (including phenoxy) is 1. The molecule has 17 heavy (non-hydrogen) atoms. The van der Waals surface area contributed by atoms with Crippen LogP contribution < -0.4 is 5.32 Å². The van der Waals surface area contributed by atoms with Crippen LogP contribution in [0.15, 0.2) is 18.2 Å². The average molecular weight is 256 g/mol. The van der Waals surface area contributed by atoms with E-state index in [9.17, 15) is 5.11 Å². The van der Waals surface area contributed by atoms with E-state index in [1.54, 1.807) is 12.1 Å². The zero-order valence-corrected chi connectivity index (χ0v) is 10.8. The van der Waals surface area contributed by atoms with Gasteiger partial charge in [-0.1, -0.05) is 17.7 Å². The zero-order valence-electron chi connectivity index (χ0n) is 10.0. The van der Waals surface area contributed by atoms with Gasteiger partial charge in [0.1, 0.15) is 5.75 Å². The maximum absolute atomic E-state index is 9.34. The molecule has 2 rings (SSSR count). The molecule has 1 aromatic rings. The van der Waals surface area contributed by atoms with Gasteiger partial charge in [0, 0.05) is 25.3 Å². The van der Waals surface area contributed by atoms with Crippen LogP contribution in [0.25, 0.3) is 0 Å². The second-order valence-electron chi connectivity index (χ2n) is 4.81. The quantitative estimate of drug-likeness (QED) is 0.873. The Kier molecular flexibility index (Phi) is 3.92. The molecule has 0 aliphatic carbocycles. The molecule has 1 aliphatic rings. The molecule has 94 valence electrons. The van der Waals surface area contributed by atoms with E-state index in [1.165, 1.54) is 0 Å². The van der Waals surface area contributed by atoms with Crippen LogP contribution >= 0.6 is 11.6 Å². The summed E-state index contributed by atoms with van der Waals surface area (Å²) in [4.78, 5) is 0. The molecule has 1 saturated heterocycles. The smallest absolute Gasteiger partial charge is 0.134 e. The predicted octanol–water partition coefficient (Wildman–Crippen LogP) is 2.70. The number of aromatic hydroxyl groups is 1. The molecule has 4 heteroatoms. The summed E-state index contributed by atoms with van der Waals surface area (Å²) in [5.74, 6) is 0.132. The molecule has 0 bridgehead atoms. The molecule has 0 aromatic heterocycles. The first kappa shape index (κ1) is 12.7. The molecular formula is C13H18ClNO2. The number of halogens is 1. The highest BCUT2D eigenvalue weighted by Gasteiger charge is 2.26. The first-order valence-electron chi connectivity index (χ1n) is 5.89. The van der Waals surface area contributed by atoms with E-state index < -0.39 is 0 Å². The van der Waals surface area contributed by atoms with Gasteiger partial charge in [-0.25, -0.2) is 0 Å². The Hall–Kier alpha value is -0.770. The number of nitrogens with one attached hydrogen (secondary N) is 1. The number of benzene rings is 1. The third kappa shape index (κ3) is 3.35. The maximum Gasteiger partial charge on any atom is 0.134 e. The average Bonchev–Trinajstić information content (AvgIpc) is 2.32. The molecular weight excluding hydrogens is 238 g/mol. The van der Waals surface area contributed by atoms with E-state index in [0.717, 1.165) is 38.2 Å². The van der Waals surface area contributed by atoms with Crippen molar-refractivity contribution in [3.05, 3.63) is 28.8 Å². The van der Waals surface area contributed by atoms with Gasteiger partial charge in [0.25, 0.3) is 0 Å². The van der Waals surface area contributed by atoms with Crippen molar-refractivity contribution < 1.29 is 9.84 Å². The van der Waals surface area contributed by atoms with Crippen molar-refractivity contribution in [3.8, 4) is 5.75 Å². The fourth-order valence-electron chi connectivity index (χ4n) is 1.97. The van der Waals surface area contributed by atoms with E-state index in [4.69, 9.17) is 16.3 Å². The molecule has 0 radical (unpaired) electrons. The van der Waals surface area contributed by atoms with E-state index in [1.807, 2.05) is 6.07 Å². The lowest BCUT2D eigenvalue weighted by molar-refractivity contribution is 0.0446. The number of rotatable bonds is 3. The monoisotopic (exact) mass is 255 g/mol. The summed E-state index contributed by atoms with van der Waals surface area (Å²) in [6.07, 6.45) is 2.05. The van der Waals surface area contributed by atoms with Gasteiger partial charge in [-0.15, -0.1) is 0 Å². The molecule has 1 heterocycles. The van der Waals surface area contributed by atoms with Crippen molar-refractivity contribution in [2.24, 2.45) is 0 Å². The Labute approximate surface area is 107 Å². The van der Waals surface area contributed by atoms with Gasteiger partial charge in [-0.2, -0.15) is 0 Å². The molecule has 0 amide bonds. The fourth-order valence-corrected chi connectivity index (χ4v) is 2.18. The minimum Gasteiger partial charge on any atom is -0.506 e. The first-order chi connectivity index (χ1) is 8.09. The number of phenols is 1. The van der Waals surface area contributed by atoms with Crippen LogP contribution in [0.1, 0.15) is 25.3 Å². The molecule has 1 aromatic carbocycles. The van der Waals surface area contributed by atoms with Crippen molar-refractivity contribution in [2.45, 2.75) is 31.8 Å². The Morgan fingerprint density at radius 3 is 2.76 bits per heavy atom. The van der Waals surface area contributed by atoms with Crippen molar-refractivity contribution >= 4 is 11.6 Å². The molecule has 0 saturated carbocycles. The lowest BCUT2D eigenvalue weighted by Gasteiger charge is -2.34. The molecule has 1 fully saturated rings. The van der Waals surface area contributed by atoms with Crippen LogP contribution in [0.2, 0.25) is 5.02 Å². The van der Waals surface area contributed by atoms with Gasteiger partial charge in [0.15, 0.2) is 0 Å². The van der Waals surface area contributed by atoms with Crippen molar-refractivity contribution in [2.75, 3.05) is 13.2 Å². The van der Waals surface area contributed by atoms with Crippen LogP contribution in [0.5, 0.6) is 5.75 Å². The Morgan fingerprint density at radius 2 is 2.12 bits per heavy atom. The first-order valence-corrected chi connectivity index (χ1v) is 6.27. The molecule has 2 N–H and O–H groups in total. The Morgan fingerprint density at radius 1 is 1.41 bits per heavy atom. The summed E-state index contributed by atoms with van der Waals surface area (Å²) in [5.41, 5.74) is 1.23. The van der Waals surface area contributed by atoms with Crippen molar-refractivity contribution in [3.63, 3.8) is 0 Å². The fraction of sp³-hybridized carbons (Fsp3) is 0.538. The zero-order chi connectivity index (χ0) is 12.3. The third-order valence-electron chi connectivity index (χ3n) is 3.33. The molecule has 0 spiro atoms. The molecule has 0 atom stereocenters. The number of phenolic OH excluding ortho intramolecular Hbond substituents is 1. The van der Waals surface area contributed by atoms with Crippen LogP contribution in [0, 0.1) is 0 Å². The summed E-state index contributed by atoms with van der Waals surface area (Å²) in [7, 11) is 0. The summed E-state index contributed by atoms with van der Waals surface area (Å²) in [5, 5.41) is 13.3. The summed E-state index contributed by atoms with van der Waals surface area (Å²) in [6, 6.07) is 5.31. The van der Waals surface area contributed by atoms with Crippen LogP contribution in [-0.2, 0) is 11.3 Å². The van der Waals surface area contributed by atoms with E-state index in [0.29, 0.717) is 5.02 Å². The Bertz CT molecular complexity index is 389. The second kappa shape index (κ2) is 5.25. The SMILES string of the molecule is CC1(NCc2ccc(O)c(Cl)c2)CCOCC1. The summed E-state index contributed by atoms with van der Waals surface area (Å²) >= 11 is 5.87. The highest BCUT2D eigenvalue weighted by molar-refractivity contribution is 6.32. The highest BCUT2D eigenvalue weighted by atomic mass is 35.5. The van der Waals surface area contributed by atoms with E-state index in [2.05, 4.69) is 12.2 Å². The third-order valence-corrected chi connectivity index (χ3v) is 3.63. The van der Waals surface area contributed by atoms with E-state index in [-0.39, 0.29) is 11.3 Å². The number of hydrogen-bond acceptors (Lipinski definition) is 3.